The van der Waals surface area contributed by atoms with E-state index in [4.69, 9.17) is 9.47 Å². The van der Waals surface area contributed by atoms with Gasteiger partial charge in [-0.2, -0.15) is 0 Å². The molecule has 3 heteroatoms. The Hall–Kier alpha value is -2.00. The Bertz CT molecular complexity index is 567. The molecule has 0 aromatic heterocycles. The zero-order chi connectivity index (χ0) is 14.4. The van der Waals surface area contributed by atoms with E-state index >= 15 is 0 Å². The Kier molecular flexibility index (Phi) is 5.02. The van der Waals surface area contributed by atoms with E-state index in [0.717, 1.165) is 29.2 Å². The van der Waals surface area contributed by atoms with E-state index in [1.807, 2.05) is 44.3 Å². The first-order chi connectivity index (χ1) is 9.74. The summed E-state index contributed by atoms with van der Waals surface area (Å²) in [6.07, 6.45) is 0. The predicted molar refractivity (Wildman–Crippen MR) is 81.3 cm³/mol. The molecule has 20 heavy (non-hydrogen) atoms. The van der Waals surface area contributed by atoms with E-state index < -0.39 is 0 Å². The van der Waals surface area contributed by atoms with Gasteiger partial charge < -0.3 is 14.8 Å². The van der Waals surface area contributed by atoms with Gasteiger partial charge in [-0.25, -0.2) is 0 Å². The van der Waals surface area contributed by atoms with Crippen molar-refractivity contribution in [3.8, 4) is 11.5 Å². The van der Waals surface area contributed by atoms with Gasteiger partial charge in [0.25, 0.3) is 0 Å². The van der Waals surface area contributed by atoms with Gasteiger partial charge in [0.1, 0.15) is 18.1 Å². The molecule has 106 valence electrons. The van der Waals surface area contributed by atoms with E-state index in [1.54, 1.807) is 7.11 Å². The molecule has 0 amide bonds. The molecule has 0 radical (unpaired) electrons. The van der Waals surface area contributed by atoms with Crippen molar-refractivity contribution < 1.29 is 9.47 Å². The minimum absolute atomic E-state index is 0.506. The maximum absolute atomic E-state index is 5.90. The van der Waals surface area contributed by atoms with Gasteiger partial charge in [0.05, 0.1) is 7.11 Å². The molecule has 0 atom stereocenters. The lowest BCUT2D eigenvalue weighted by atomic mass is 10.1. The number of nitrogens with one attached hydrogen (secondary N) is 1. The third-order valence-corrected chi connectivity index (χ3v) is 3.20. The molecule has 0 bridgehead atoms. The Morgan fingerprint density at radius 3 is 2.55 bits per heavy atom. The monoisotopic (exact) mass is 271 g/mol. The molecule has 0 aliphatic rings. The van der Waals surface area contributed by atoms with Crippen molar-refractivity contribution in [3.05, 3.63) is 59.2 Å². The standard InChI is InChI=1S/C17H21NO2/c1-13-6-4-5-7-16(13)20-12-15-10-14(11-18-2)8-9-17(15)19-3/h4-10,18H,11-12H2,1-3H3. The predicted octanol–water partition coefficient (Wildman–Crippen LogP) is 3.30. The highest BCUT2D eigenvalue weighted by Crippen LogP contribution is 2.23. The summed E-state index contributed by atoms with van der Waals surface area (Å²) in [5.41, 5.74) is 3.41. The van der Waals surface area contributed by atoms with Crippen LogP contribution in [0.25, 0.3) is 0 Å². The summed E-state index contributed by atoms with van der Waals surface area (Å²) in [5.74, 6) is 1.77. The van der Waals surface area contributed by atoms with Crippen molar-refractivity contribution in [2.75, 3.05) is 14.2 Å². The first-order valence-corrected chi connectivity index (χ1v) is 6.73. The molecule has 1 N–H and O–H groups in total. The lowest BCUT2D eigenvalue weighted by molar-refractivity contribution is 0.294. The van der Waals surface area contributed by atoms with E-state index in [2.05, 4.69) is 17.4 Å². The van der Waals surface area contributed by atoms with Gasteiger partial charge in [0.15, 0.2) is 0 Å². The van der Waals surface area contributed by atoms with Crippen LogP contribution in [0.5, 0.6) is 11.5 Å². The van der Waals surface area contributed by atoms with Crippen LogP contribution in [0.3, 0.4) is 0 Å². The van der Waals surface area contributed by atoms with Gasteiger partial charge in [0.2, 0.25) is 0 Å². The van der Waals surface area contributed by atoms with Crippen LogP contribution in [0.1, 0.15) is 16.7 Å². The van der Waals surface area contributed by atoms with Crippen LogP contribution in [0.2, 0.25) is 0 Å². The molecule has 0 aliphatic carbocycles. The Morgan fingerprint density at radius 2 is 1.85 bits per heavy atom. The van der Waals surface area contributed by atoms with Crippen molar-refractivity contribution in [3.63, 3.8) is 0 Å². The zero-order valence-electron chi connectivity index (χ0n) is 12.3. The fourth-order valence-corrected chi connectivity index (χ4v) is 2.13. The summed E-state index contributed by atoms with van der Waals surface area (Å²) in [5, 5.41) is 3.15. The van der Waals surface area contributed by atoms with E-state index in [0.29, 0.717) is 6.61 Å². The van der Waals surface area contributed by atoms with E-state index in [9.17, 15) is 0 Å². The molecule has 0 saturated heterocycles. The number of aryl methyl sites for hydroxylation is 1. The summed E-state index contributed by atoms with van der Waals surface area (Å²) < 4.78 is 11.3. The van der Waals surface area contributed by atoms with Crippen molar-refractivity contribution in [1.82, 2.24) is 5.32 Å². The van der Waals surface area contributed by atoms with E-state index in [-0.39, 0.29) is 0 Å². The normalized spacial score (nSPS) is 10.3. The van der Waals surface area contributed by atoms with Crippen LogP contribution in [0, 0.1) is 6.92 Å². The fourth-order valence-electron chi connectivity index (χ4n) is 2.13. The quantitative estimate of drug-likeness (QED) is 0.874. The highest BCUT2D eigenvalue weighted by Gasteiger charge is 2.06. The molecule has 0 spiro atoms. The molecule has 3 nitrogen and oxygen atoms in total. The largest absolute Gasteiger partial charge is 0.496 e. The third-order valence-electron chi connectivity index (χ3n) is 3.20. The minimum Gasteiger partial charge on any atom is -0.496 e. The Labute approximate surface area is 120 Å². The number of para-hydroxylation sites is 1. The molecule has 2 aromatic rings. The smallest absolute Gasteiger partial charge is 0.125 e. The maximum atomic E-state index is 5.90. The molecular formula is C17H21NO2. The number of hydrogen-bond acceptors (Lipinski definition) is 3. The van der Waals surface area contributed by atoms with E-state index in [1.165, 1.54) is 5.56 Å². The second-order valence-corrected chi connectivity index (χ2v) is 4.73. The SMILES string of the molecule is CNCc1ccc(OC)c(COc2ccccc2C)c1. The minimum atomic E-state index is 0.506. The summed E-state index contributed by atoms with van der Waals surface area (Å²) in [7, 11) is 3.62. The number of rotatable bonds is 6. The fraction of sp³-hybridized carbons (Fsp3) is 0.294. The number of hydrogen-bond donors (Lipinski definition) is 1. The van der Waals surface area contributed by atoms with Gasteiger partial charge in [-0.1, -0.05) is 24.3 Å². The second kappa shape index (κ2) is 6.96. The van der Waals surface area contributed by atoms with Crippen LogP contribution in [0.15, 0.2) is 42.5 Å². The van der Waals surface area contributed by atoms with Gasteiger partial charge in [-0.05, 0) is 43.3 Å². The van der Waals surface area contributed by atoms with Gasteiger partial charge >= 0.3 is 0 Å². The third kappa shape index (κ3) is 3.52. The van der Waals surface area contributed by atoms with Gasteiger partial charge in [-0.15, -0.1) is 0 Å². The summed E-state index contributed by atoms with van der Waals surface area (Å²) >= 11 is 0. The zero-order valence-corrected chi connectivity index (χ0v) is 12.3. The van der Waals surface area contributed by atoms with Crippen molar-refractivity contribution >= 4 is 0 Å². The number of methoxy groups -OCH3 is 1. The van der Waals surface area contributed by atoms with Crippen molar-refractivity contribution in [2.45, 2.75) is 20.1 Å². The Morgan fingerprint density at radius 1 is 1.05 bits per heavy atom. The van der Waals surface area contributed by atoms with Crippen LogP contribution in [-0.4, -0.2) is 14.2 Å². The molecule has 0 aliphatic heterocycles. The average Bonchev–Trinajstić information content (AvgIpc) is 2.47. The van der Waals surface area contributed by atoms with Gasteiger partial charge in [-0.3, -0.25) is 0 Å². The van der Waals surface area contributed by atoms with Crippen LogP contribution >= 0.6 is 0 Å². The van der Waals surface area contributed by atoms with Crippen molar-refractivity contribution in [1.29, 1.82) is 0 Å². The first-order valence-electron chi connectivity index (χ1n) is 6.73. The Balaban J connectivity index is 2.15. The van der Waals surface area contributed by atoms with Crippen molar-refractivity contribution in [2.24, 2.45) is 0 Å². The molecule has 0 fully saturated rings. The number of benzene rings is 2. The lowest BCUT2D eigenvalue weighted by Crippen LogP contribution is -2.07. The maximum Gasteiger partial charge on any atom is 0.125 e. The number of ether oxygens (including phenoxy) is 2. The molecule has 0 unspecified atom stereocenters. The highest BCUT2D eigenvalue weighted by molar-refractivity contribution is 5.38. The van der Waals surface area contributed by atoms with Crippen LogP contribution in [-0.2, 0) is 13.2 Å². The highest BCUT2D eigenvalue weighted by atomic mass is 16.5. The van der Waals surface area contributed by atoms with Gasteiger partial charge in [0, 0.05) is 12.1 Å². The summed E-state index contributed by atoms with van der Waals surface area (Å²) in [4.78, 5) is 0. The molecular weight excluding hydrogens is 250 g/mol. The molecule has 0 heterocycles. The van der Waals surface area contributed by atoms with Crippen LogP contribution in [0.4, 0.5) is 0 Å². The van der Waals surface area contributed by atoms with Crippen LogP contribution < -0.4 is 14.8 Å². The topological polar surface area (TPSA) is 30.5 Å². The molecule has 2 aromatic carbocycles. The molecule has 0 saturated carbocycles. The lowest BCUT2D eigenvalue weighted by Gasteiger charge is -2.13. The summed E-state index contributed by atoms with van der Waals surface area (Å²) in [6.45, 7) is 3.39. The summed E-state index contributed by atoms with van der Waals surface area (Å²) in [6, 6.07) is 14.2. The molecule has 2 rings (SSSR count). The average molecular weight is 271 g/mol. The first kappa shape index (κ1) is 14.4. The second-order valence-electron chi connectivity index (χ2n) is 4.73.